The number of nitrogens with one attached hydrogen (secondary N) is 1. The number of amides is 1. The van der Waals surface area contributed by atoms with Crippen molar-refractivity contribution in [2.24, 2.45) is 5.10 Å². The van der Waals surface area contributed by atoms with Crippen molar-refractivity contribution >= 4 is 23.7 Å². The molecular formula is C24H23ClN2O4. The SMILES string of the molecule is CCOc1cc(/C=N/NC(=O)c2ccccc2OC)ccc1OCc1cccc(Cl)c1. The molecule has 160 valence electrons. The first kappa shape index (κ1) is 22.2. The summed E-state index contributed by atoms with van der Waals surface area (Å²) in [5.41, 5.74) is 4.62. The quantitative estimate of drug-likeness (QED) is 0.373. The highest BCUT2D eigenvalue weighted by Crippen LogP contribution is 2.29. The second-order valence-corrected chi connectivity index (χ2v) is 6.89. The number of nitrogens with zero attached hydrogens (tertiary/aromatic N) is 1. The summed E-state index contributed by atoms with van der Waals surface area (Å²) in [5, 5.41) is 4.70. The first-order valence-corrected chi connectivity index (χ1v) is 10.1. The molecule has 3 aromatic carbocycles. The third-order valence-corrected chi connectivity index (χ3v) is 4.52. The van der Waals surface area contributed by atoms with E-state index >= 15 is 0 Å². The Labute approximate surface area is 186 Å². The Bertz CT molecular complexity index is 1070. The third kappa shape index (κ3) is 6.23. The van der Waals surface area contributed by atoms with Crippen LogP contribution >= 0.6 is 11.6 Å². The first-order chi connectivity index (χ1) is 15.1. The van der Waals surface area contributed by atoms with E-state index in [2.05, 4.69) is 10.5 Å². The summed E-state index contributed by atoms with van der Waals surface area (Å²) in [6.45, 7) is 2.75. The Balaban J connectivity index is 1.67. The number of hydrogen-bond donors (Lipinski definition) is 1. The van der Waals surface area contributed by atoms with Crippen LogP contribution in [-0.2, 0) is 6.61 Å². The van der Waals surface area contributed by atoms with Gasteiger partial charge in [-0.2, -0.15) is 5.10 Å². The maximum atomic E-state index is 12.3. The molecule has 0 saturated carbocycles. The molecule has 31 heavy (non-hydrogen) atoms. The van der Waals surface area contributed by atoms with E-state index < -0.39 is 0 Å². The Hall–Kier alpha value is -3.51. The number of hydrazone groups is 1. The monoisotopic (exact) mass is 438 g/mol. The lowest BCUT2D eigenvalue weighted by Gasteiger charge is -2.13. The summed E-state index contributed by atoms with van der Waals surface area (Å²) in [4.78, 5) is 12.3. The molecule has 3 aromatic rings. The van der Waals surface area contributed by atoms with Crippen LogP contribution in [0.2, 0.25) is 5.02 Å². The lowest BCUT2D eigenvalue weighted by Crippen LogP contribution is -2.18. The van der Waals surface area contributed by atoms with E-state index in [-0.39, 0.29) is 5.91 Å². The summed E-state index contributed by atoms with van der Waals surface area (Å²) >= 11 is 6.02. The van der Waals surface area contributed by atoms with Gasteiger partial charge in [-0.25, -0.2) is 5.43 Å². The summed E-state index contributed by atoms with van der Waals surface area (Å²) in [6, 6.07) is 19.9. The summed E-state index contributed by atoms with van der Waals surface area (Å²) in [7, 11) is 1.51. The van der Waals surface area contributed by atoms with Crippen LogP contribution in [0.1, 0.15) is 28.4 Å². The maximum absolute atomic E-state index is 12.3. The van der Waals surface area contributed by atoms with Gasteiger partial charge in [0.05, 0.1) is 25.5 Å². The molecule has 0 saturated heterocycles. The first-order valence-electron chi connectivity index (χ1n) is 9.71. The van der Waals surface area contributed by atoms with Crippen molar-refractivity contribution < 1.29 is 19.0 Å². The van der Waals surface area contributed by atoms with Crippen molar-refractivity contribution in [1.82, 2.24) is 5.43 Å². The van der Waals surface area contributed by atoms with Gasteiger partial charge in [0.25, 0.3) is 5.91 Å². The van der Waals surface area contributed by atoms with Crippen molar-refractivity contribution in [3.05, 3.63) is 88.4 Å². The highest BCUT2D eigenvalue weighted by molar-refractivity contribution is 6.30. The summed E-state index contributed by atoms with van der Waals surface area (Å²) in [6.07, 6.45) is 1.54. The van der Waals surface area contributed by atoms with Gasteiger partial charge in [-0.3, -0.25) is 4.79 Å². The van der Waals surface area contributed by atoms with Crippen LogP contribution in [0.25, 0.3) is 0 Å². The zero-order chi connectivity index (χ0) is 22.1. The van der Waals surface area contributed by atoms with E-state index in [4.69, 9.17) is 25.8 Å². The van der Waals surface area contributed by atoms with E-state index in [0.717, 1.165) is 11.1 Å². The minimum absolute atomic E-state index is 0.361. The molecule has 0 spiro atoms. The minimum atomic E-state index is -0.361. The van der Waals surface area contributed by atoms with E-state index in [1.807, 2.05) is 37.3 Å². The van der Waals surface area contributed by atoms with Crippen LogP contribution in [0.3, 0.4) is 0 Å². The van der Waals surface area contributed by atoms with Gasteiger partial charge in [0, 0.05) is 5.02 Å². The molecule has 7 heteroatoms. The van der Waals surface area contributed by atoms with E-state index in [1.165, 1.54) is 13.3 Å². The lowest BCUT2D eigenvalue weighted by molar-refractivity contribution is 0.0952. The van der Waals surface area contributed by atoms with Gasteiger partial charge < -0.3 is 14.2 Å². The van der Waals surface area contributed by atoms with Gasteiger partial charge in [-0.15, -0.1) is 0 Å². The van der Waals surface area contributed by atoms with Crippen LogP contribution < -0.4 is 19.6 Å². The predicted molar refractivity (Wildman–Crippen MR) is 121 cm³/mol. The van der Waals surface area contributed by atoms with Crippen LogP contribution in [0.4, 0.5) is 0 Å². The fourth-order valence-corrected chi connectivity index (χ4v) is 3.05. The standard InChI is InChI=1S/C24H23ClN2O4/c1-3-30-23-14-17(11-12-22(23)31-16-18-7-6-8-19(25)13-18)15-26-27-24(28)20-9-4-5-10-21(20)29-2/h4-15H,3,16H2,1-2H3,(H,27,28)/b26-15+. The normalized spacial score (nSPS) is 10.7. The molecule has 0 aliphatic heterocycles. The molecule has 0 atom stereocenters. The molecule has 0 aliphatic carbocycles. The number of carbonyl (C=O) groups is 1. The molecule has 0 bridgehead atoms. The van der Waals surface area contributed by atoms with Gasteiger partial charge in [-0.1, -0.05) is 35.9 Å². The van der Waals surface area contributed by atoms with Crippen LogP contribution in [-0.4, -0.2) is 25.8 Å². The van der Waals surface area contributed by atoms with Gasteiger partial charge in [0.1, 0.15) is 12.4 Å². The van der Waals surface area contributed by atoms with Crippen molar-refractivity contribution in [1.29, 1.82) is 0 Å². The smallest absolute Gasteiger partial charge is 0.275 e. The average Bonchev–Trinajstić information content (AvgIpc) is 2.78. The number of halogens is 1. The van der Waals surface area contributed by atoms with Crippen molar-refractivity contribution in [2.45, 2.75) is 13.5 Å². The lowest BCUT2D eigenvalue weighted by atomic mass is 10.2. The topological polar surface area (TPSA) is 69.2 Å². The fraction of sp³-hybridized carbons (Fsp3) is 0.167. The Morgan fingerprint density at radius 3 is 2.61 bits per heavy atom. The number of carbonyl (C=O) groups excluding carboxylic acids is 1. The van der Waals surface area contributed by atoms with E-state index in [9.17, 15) is 4.79 Å². The molecule has 0 heterocycles. The number of ether oxygens (including phenoxy) is 3. The maximum Gasteiger partial charge on any atom is 0.275 e. The van der Waals surface area contributed by atoms with Crippen molar-refractivity contribution in [3.8, 4) is 17.2 Å². The molecule has 0 fully saturated rings. The Morgan fingerprint density at radius 2 is 1.84 bits per heavy atom. The molecule has 6 nitrogen and oxygen atoms in total. The van der Waals surface area contributed by atoms with Gasteiger partial charge >= 0.3 is 0 Å². The highest BCUT2D eigenvalue weighted by atomic mass is 35.5. The number of benzene rings is 3. The van der Waals surface area contributed by atoms with Crippen molar-refractivity contribution in [3.63, 3.8) is 0 Å². The second kappa shape index (κ2) is 11.0. The molecule has 0 aliphatic rings. The van der Waals surface area contributed by atoms with Crippen LogP contribution in [0.15, 0.2) is 71.8 Å². The van der Waals surface area contributed by atoms with E-state index in [0.29, 0.717) is 41.0 Å². The van der Waals surface area contributed by atoms with Gasteiger partial charge in [0.15, 0.2) is 11.5 Å². The number of para-hydroxylation sites is 1. The molecule has 0 radical (unpaired) electrons. The van der Waals surface area contributed by atoms with Gasteiger partial charge in [-0.05, 0) is 60.5 Å². The fourth-order valence-electron chi connectivity index (χ4n) is 2.84. The molecule has 1 amide bonds. The Morgan fingerprint density at radius 1 is 1.00 bits per heavy atom. The third-order valence-electron chi connectivity index (χ3n) is 4.28. The minimum Gasteiger partial charge on any atom is -0.496 e. The molecular weight excluding hydrogens is 416 g/mol. The van der Waals surface area contributed by atoms with Gasteiger partial charge in [0.2, 0.25) is 0 Å². The molecule has 1 N–H and O–H groups in total. The summed E-state index contributed by atoms with van der Waals surface area (Å²) in [5.74, 6) is 1.32. The molecule has 3 rings (SSSR count). The van der Waals surface area contributed by atoms with E-state index in [1.54, 1.807) is 36.4 Å². The zero-order valence-corrected chi connectivity index (χ0v) is 18.1. The van der Waals surface area contributed by atoms with Crippen LogP contribution in [0.5, 0.6) is 17.2 Å². The molecule has 0 aromatic heterocycles. The predicted octanol–water partition coefficient (Wildman–Crippen LogP) is 5.09. The largest absolute Gasteiger partial charge is 0.496 e. The number of rotatable bonds is 9. The molecule has 0 unspecified atom stereocenters. The second-order valence-electron chi connectivity index (χ2n) is 6.46. The average molecular weight is 439 g/mol. The summed E-state index contributed by atoms with van der Waals surface area (Å²) < 4.78 is 16.8. The zero-order valence-electron chi connectivity index (χ0n) is 17.3. The number of methoxy groups -OCH3 is 1. The van der Waals surface area contributed by atoms with Crippen LogP contribution in [0, 0.1) is 0 Å². The highest BCUT2D eigenvalue weighted by Gasteiger charge is 2.10. The Kier molecular flexibility index (Phi) is 7.90. The number of hydrogen-bond acceptors (Lipinski definition) is 5. The van der Waals surface area contributed by atoms with Crippen molar-refractivity contribution in [2.75, 3.05) is 13.7 Å².